The first-order chi connectivity index (χ1) is 11.6. The summed E-state index contributed by atoms with van der Waals surface area (Å²) < 4.78 is 4.53. The maximum absolute atomic E-state index is 11.7. The summed E-state index contributed by atoms with van der Waals surface area (Å²) in [6, 6.07) is 3.59. The number of aliphatic carboxylic acids is 3. The molecule has 1 rings (SSSR count). The predicted molar refractivity (Wildman–Crippen MR) is 79.7 cm³/mol. The van der Waals surface area contributed by atoms with Crippen LogP contribution in [0.15, 0.2) is 24.3 Å². The topological polar surface area (TPSA) is 179 Å². The second kappa shape index (κ2) is 8.34. The third-order valence-corrected chi connectivity index (χ3v) is 2.98. The van der Waals surface area contributed by atoms with Crippen molar-refractivity contribution in [3.8, 4) is 11.5 Å². The summed E-state index contributed by atoms with van der Waals surface area (Å²) in [5.41, 5.74) is 0.263. The van der Waals surface area contributed by atoms with Crippen molar-refractivity contribution in [2.24, 2.45) is 5.92 Å². The lowest BCUT2D eigenvalue weighted by atomic mass is 9.98. The monoisotopic (exact) mass is 354 g/mol. The van der Waals surface area contributed by atoms with Crippen LogP contribution in [0.5, 0.6) is 11.5 Å². The van der Waals surface area contributed by atoms with E-state index < -0.39 is 48.1 Å². The van der Waals surface area contributed by atoms with Crippen LogP contribution in [0.1, 0.15) is 12.0 Å². The van der Waals surface area contributed by atoms with Gasteiger partial charge in [-0.05, 0) is 23.8 Å². The number of carboxylic acids is 3. The summed E-state index contributed by atoms with van der Waals surface area (Å²) >= 11 is 0. The van der Waals surface area contributed by atoms with E-state index in [9.17, 15) is 24.3 Å². The standard InChI is InChI=1S/C15H14O10/c16-9-3-1-7(5-10(9)17)2-4-12(20)25-13(15(23)24)8(14(21)22)6-11(18)19/h1-5,8,13,16-17H,6H2,(H,18,19)(H,21,22)(H,23,24)/b4-2-. The highest BCUT2D eigenvalue weighted by Crippen LogP contribution is 2.25. The third-order valence-electron chi connectivity index (χ3n) is 2.98. The predicted octanol–water partition coefficient (Wildman–Crippen LogP) is 0.283. The van der Waals surface area contributed by atoms with Gasteiger partial charge in [0.05, 0.1) is 6.42 Å². The second-order valence-corrected chi connectivity index (χ2v) is 4.82. The molecule has 0 amide bonds. The van der Waals surface area contributed by atoms with Gasteiger partial charge in [0, 0.05) is 6.08 Å². The Labute approximate surface area is 140 Å². The largest absolute Gasteiger partial charge is 0.504 e. The number of phenols is 2. The molecule has 0 aliphatic heterocycles. The fraction of sp³-hybridized carbons (Fsp3) is 0.200. The number of phenolic OH excluding ortho intramolecular Hbond substituents is 2. The lowest BCUT2D eigenvalue weighted by molar-refractivity contribution is -0.172. The Bertz CT molecular complexity index is 721. The molecule has 0 heterocycles. The summed E-state index contributed by atoms with van der Waals surface area (Å²) in [6.45, 7) is 0. The van der Waals surface area contributed by atoms with E-state index in [1.165, 1.54) is 6.07 Å². The first-order valence-corrected chi connectivity index (χ1v) is 6.70. The number of benzene rings is 1. The molecule has 10 heteroatoms. The van der Waals surface area contributed by atoms with E-state index in [1.54, 1.807) is 0 Å². The van der Waals surface area contributed by atoms with Gasteiger partial charge in [-0.2, -0.15) is 0 Å². The molecule has 0 radical (unpaired) electrons. The Kier molecular flexibility index (Phi) is 6.50. The van der Waals surface area contributed by atoms with Crippen molar-refractivity contribution in [2.45, 2.75) is 12.5 Å². The number of hydrogen-bond donors (Lipinski definition) is 5. The van der Waals surface area contributed by atoms with Gasteiger partial charge in [-0.25, -0.2) is 9.59 Å². The molecule has 0 spiro atoms. The first kappa shape index (κ1) is 19.5. The Balaban J connectivity index is 2.89. The number of hydrogen-bond acceptors (Lipinski definition) is 7. The van der Waals surface area contributed by atoms with Crippen molar-refractivity contribution in [3.63, 3.8) is 0 Å². The highest BCUT2D eigenvalue weighted by molar-refractivity contribution is 5.91. The number of rotatable bonds is 8. The van der Waals surface area contributed by atoms with Crippen LogP contribution in [0.2, 0.25) is 0 Å². The minimum absolute atomic E-state index is 0.263. The van der Waals surface area contributed by atoms with Gasteiger partial charge >= 0.3 is 23.9 Å². The van der Waals surface area contributed by atoms with Gasteiger partial charge in [0.25, 0.3) is 0 Å². The fourth-order valence-electron chi connectivity index (χ4n) is 1.79. The molecule has 2 atom stereocenters. The van der Waals surface area contributed by atoms with Gasteiger partial charge in [-0.3, -0.25) is 9.59 Å². The molecule has 0 aliphatic carbocycles. The van der Waals surface area contributed by atoms with Gasteiger partial charge in [0.2, 0.25) is 6.10 Å². The van der Waals surface area contributed by atoms with E-state index in [4.69, 9.17) is 20.4 Å². The lowest BCUT2D eigenvalue weighted by Gasteiger charge is -2.18. The normalized spacial score (nSPS) is 13.1. The van der Waals surface area contributed by atoms with Gasteiger partial charge in [0.1, 0.15) is 5.92 Å². The molecule has 10 nitrogen and oxygen atoms in total. The lowest BCUT2D eigenvalue weighted by Crippen LogP contribution is -2.39. The minimum atomic E-state index is -2.20. The molecule has 25 heavy (non-hydrogen) atoms. The van der Waals surface area contributed by atoms with Crippen LogP contribution in [0.4, 0.5) is 0 Å². The van der Waals surface area contributed by atoms with E-state index in [2.05, 4.69) is 4.74 Å². The molecular weight excluding hydrogens is 340 g/mol. The van der Waals surface area contributed by atoms with Crippen LogP contribution >= 0.6 is 0 Å². The average molecular weight is 354 g/mol. The Hall–Kier alpha value is -3.56. The quantitative estimate of drug-likeness (QED) is 0.247. The van der Waals surface area contributed by atoms with Gasteiger partial charge in [0.15, 0.2) is 11.5 Å². The highest BCUT2D eigenvalue weighted by Gasteiger charge is 2.38. The fourth-order valence-corrected chi connectivity index (χ4v) is 1.79. The number of ether oxygens (including phenoxy) is 1. The van der Waals surface area contributed by atoms with Gasteiger partial charge < -0.3 is 30.3 Å². The zero-order chi connectivity index (χ0) is 19.1. The van der Waals surface area contributed by atoms with E-state index in [-0.39, 0.29) is 11.3 Å². The van der Waals surface area contributed by atoms with Gasteiger partial charge in [-0.1, -0.05) is 6.07 Å². The molecular formula is C15H14O10. The third kappa shape index (κ3) is 5.86. The Morgan fingerprint density at radius 1 is 1.00 bits per heavy atom. The van der Waals surface area contributed by atoms with Crippen molar-refractivity contribution < 1.29 is 49.4 Å². The van der Waals surface area contributed by atoms with Crippen LogP contribution in [-0.2, 0) is 23.9 Å². The maximum atomic E-state index is 11.7. The highest BCUT2D eigenvalue weighted by atomic mass is 16.6. The van der Waals surface area contributed by atoms with Crippen molar-refractivity contribution in [1.82, 2.24) is 0 Å². The van der Waals surface area contributed by atoms with Crippen LogP contribution in [0, 0.1) is 5.92 Å². The van der Waals surface area contributed by atoms with Crippen LogP contribution in [-0.4, -0.2) is 55.5 Å². The number of esters is 1. The summed E-state index contributed by atoms with van der Waals surface area (Å²) in [5.74, 6) is -9.14. The summed E-state index contributed by atoms with van der Waals surface area (Å²) in [4.78, 5) is 44.4. The smallest absolute Gasteiger partial charge is 0.345 e. The average Bonchev–Trinajstić information content (AvgIpc) is 2.51. The zero-order valence-electron chi connectivity index (χ0n) is 12.5. The molecule has 0 saturated heterocycles. The van der Waals surface area contributed by atoms with E-state index >= 15 is 0 Å². The summed E-state index contributed by atoms with van der Waals surface area (Å²) in [7, 11) is 0. The van der Waals surface area contributed by atoms with Crippen molar-refractivity contribution >= 4 is 30.0 Å². The molecule has 0 aromatic heterocycles. The van der Waals surface area contributed by atoms with E-state index in [0.29, 0.717) is 0 Å². The Morgan fingerprint density at radius 3 is 2.12 bits per heavy atom. The van der Waals surface area contributed by atoms with Gasteiger partial charge in [-0.15, -0.1) is 0 Å². The van der Waals surface area contributed by atoms with Crippen molar-refractivity contribution in [2.75, 3.05) is 0 Å². The number of aromatic hydroxyl groups is 2. The SMILES string of the molecule is O=C(O)CC(C(=O)O)C(OC(=O)/C=C\c1ccc(O)c(O)c1)C(=O)O. The number of carbonyl (C=O) groups excluding carboxylic acids is 1. The molecule has 0 aliphatic rings. The van der Waals surface area contributed by atoms with Crippen LogP contribution in [0.3, 0.4) is 0 Å². The second-order valence-electron chi connectivity index (χ2n) is 4.82. The zero-order valence-corrected chi connectivity index (χ0v) is 12.5. The maximum Gasteiger partial charge on any atom is 0.345 e. The molecule has 1 aromatic rings. The van der Waals surface area contributed by atoms with Crippen LogP contribution < -0.4 is 0 Å². The summed E-state index contributed by atoms with van der Waals surface area (Å²) in [5, 5.41) is 45.0. The minimum Gasteiger partial charge on any atom is -0.504 e. The molecule has 1 aromatic carbocycles. The summed E-state index contributed by atoms with van der Waals surface area (Å²) in [6.07, 6.45) is -1.36. The molecule has 134 valence electrons. The van der Waals surface area contributed by atoms with Crippen LogP contribution in [0.25, 0.3) is 6.08 Å². The number of carbonyl (C=O) groups is 4. The van der Waals surface area contributed by atoms with E-state index in [1.807, 2.05) is 0 Å². The first-order valence-electron chi connectivity index (χ1n) is 6.70. The number of carboxylic acid groups (broad SMARTS) is 3. The molecule has 0 fully saturated rings. The Morgan fingerprint density at radius 2 is 1.64 bits per heavy atom. The van der Waals surface area contributed by atoms with Crippen molar-refractivity contribution in [1.29, 1.82) is 0 Å². The molecule has 0 bridgehead atoms. The van der Waals surface area contributed by atoms with E-state index in [0.717, 1.165) is 24.3 Å². The molecule has 5 N–H and O–H groups in total. The van der Waals surface area contributed by atoms with Crippen molar-refractivity contribution in [3.05, 3.63) is 29.8 Å². The molecule has 0 saturated carbocycles. The molecule has 2 unspecified atom stereocenters.